The molecule has 0 aliphatic heterocycles. The molecule has 7 N–H and O–H groups in total. The lowest BCUT2D eigenvalue weighted by atomic mass is 10.1. The Labute approximate surface area is 210 Å². The third-order valence-electron chi connectivity index (χ3n) is 4.68. The van der Waals surface area contributed by atoms with Crippen LogP contribution in [0.25, 0.3) is 10.8 Å². The molecule has 0 aliphatic rings. The van der Waals surface area contributed by atoms with Crippen LogP contribution in [0.4, 0.5) is 27.5 Å². The molecule has 37 heavy (non-hydrogen) atoms. The smallest absolute Gasteiger partial charge is 0.397 e. The molecule has 0 saturated carbocycles. The molecule has 0 heterocycles. The number of hydrogen-bond acceptors (Lipinski definition) is 11. The molecule has 0 radical (unpaired) electrons. The number of sulfone groups is 1. The van der Waals surface area contributed by atoms with E-state index in [1.54, 1.807) is 0 Å². The zero-order valence-electron chi connectivity index (χ0n) is 18.5. The van der Waals surface area contributed by atoms with Crippen molar-refractivity contribution < 1.29 is 43.3 Å². The Morgan fingerprint density at radius 2 is 1.57 bits per heavy atom. The third-order valence-corrected chi connectivity index (χ3v) is 7.77. The first-order valence-electron chi connectivity index (χ1n) is 9.83. The number of rotatable bonds is 9. The minimum atomic E-state index is -4.88. The Kier molecular flexibility index (Phi) is 7.81. The van der Waals surface area contributed by atoms with Gasteiger partial charge in [0.15, 0.2) is 9.84 Å². The summed E-state index contributed by atoms with van der Waals surface area (Å²) in [6.45, 7) is -0.850. The molecule has 2 amide bonds. The summed E-state index contributed by atoms with van der Waals surface area (Å²) < 4.78 is 93.0. The molecular formula is C19H19N5O10S3. The van der Waals surface area contributed by atoms with Crippen molar-refractivity contribution in [2.75, 3.05) is 23.4 Å². The van der Waals surface area contributed by atoms with Crippen LogP contribution in [0.5, 0.6) is 0 Å². The van der Waals surface area contributed by atoms with Crippen LogP contribution >= 0.6 is 0 Å². The van der Waals surface area contributed by atoms with Crippen LogP contribution in [-0.2, 0) is 34.5 Å². The van der Waals surface area contributed by atoms with E-state index in [1.807, 2.05) is 0 Å². The monoisotopic (exact) mass is 573 g/mol. The molecule has 18 heteroatoms. The minimum Gasteiger partial charge on any atom is -0.397 e. The van der Waals surface area contributed by atoms with Gasteiger partial charge in [-0.15, -0.1) is 10.2 Å². The van der Waals surface area contributed by atoms with Crippen molar-refractivity contribution in [3.8, 4) is 0 Å². The molecule has 0 fully saturated rings. The quantitative estimate of drug-likeness (QED) is 0.141. The second-order valence-electron chi connectivity index (χ2n) is 7.30. The maximum atomic E-state index is 12.5. The number of carbonyl (C=O) groups is 1. The number of nitrogen functional groups attached to an aromatic ring is 1. The van der Waals surface area contributed by atoms with Gasteiger partial charge in [0.2, 0.25) is 0 Å². The summed E-state index contributed by atoms with van der Waals surface area (Å²) in [5.74, 6) is -0.801. The summed E-state index contributed by atoms with van der Waals surface area (Å²) in [6.07, 6.45) is 0. The average Bonchev–Trinajstić information content (AvgIpc) is 2.75. The lowest BCUT2D eigenvalue weighted by Crippen LogP contribution is -2.19. The third kappa shape index (κ3) is 7.18. The molecule has 15 nitrogen and oxygen atoms in total. The van der Waals surface area contributed by atoms with E-state index >= 15 is 0 Å². The van der Waals surface area contributed by atoms with Crippen LogP contribution in [0.1, 0.15) is 0 Å². The number of anilines is 2. The number of amides is 2. The fourth-order valence-electron chi connectivity index (χ4n) is 3.15. The standard InChI is InChI=1S/C19H19N5O10S3/c20-15-10-12(22-19(21)25)2-6-16(15)23-24-17-5-1-11-9-13(3-4-14(11)18(17)36(28,29)30)35(26,27)8-7-34-37(31,32)33/h1-6,9-10H,7-8,20H2,(H3,21,22,25)(H,28,29,30)(H,31,32,33)/b24-23+. The zero-order valence-corrected chi connectivity index (χ0v) is 20.9. The van der Waals surface area contributed by atoms with E-state index in [-0.39, 0.29) is 38.4 Å². The predicted octanol–water partition coefficient (Wildman–Crippen LogP) is 2.17. The fourth-order valence-corrected chi connectivity index (χ4v) is 5.51. The number of urea groups is 1. The van der Waals surface area contributed by atoms with Crippen LogP contribution in [0.2, 0.25) is 0 Å². The van der Waals surface area contributed by atoms with Gasteiger partial charge in [-0.05, 0) is 41.8 Å². The van der Waals surface area contributed by atoms with Gasteiger partial charge >= 0.3 is 16.4 Å². The summed E-state index contributed by atoms with van der Waals surface area (Å²) in [6, 6.07) is 9.09. The Morgan fingerprint density at radius 1 is 0.919 bits per heavy atom. The fraction of sp³-hybridized carbons (Fsp3) is 0.105. The largest absolute Gasteiger partial charge is 0.397 e. The van der Waals surface area contributed by atoms with Gasteiger partial charge in [-0.3, -0.25) is 9.11 Å². The molecule has 0 aromatic heterocycles. The first-order chi connectivity index (χ1) is 17.1. The first kappa shape index (κ1) is 27.9. The molecule has 0 aliphatic carbocycles. The van der Waals surface area contributed by atoms with Gasteiger partial charge in [-0.2, -0.15) is 16.8 Å². The Morgan fingerprint density at radius 3 is 2.16 bits per heavy atom. The van der Waals surface area contributed by atoms with Crippen molar-refractivity contribution in [1.82, 2.24) is 0 Å². The number of nitrogens with one attached hydrogen (secondary N) is 1. The van der Waals surface area contributed by atoms with Gasteiger partial charge in [0.05, 0.1) is 22.9 Å². The molecular weight excluding hydrogens is 554 g/mol. The van der Waals surface area contributed by atoms with Gasteiger partial charge in [-0.25, -0.2) is 17.4 Å². The summed E-state index contributed by atoms with van der Waals surface area (Å²) in [7, 11) is -13.8. The molecule has 0 bridgehead atoms. The summed E-state index contributed by atoms with van der Waals surface area (Å²) in [5.41, 5.74) is 11.1. The number of carbonyl (C=O) groups excluding carboxylic acids is 1. The van der Waals surface area contributed by atoms with Gasteiger partial charge in [0.1, 0.15) is 16.3 Å². The minimum absolute atomic E-state index is 0.0667. The highest BCUT2D eigenvalue weighted by molar-refractivity contribution is 7.91. The van der Waals surface area contributed by atoms with E-state index in [1.165, 1.54) is 30.3 Å². The van der Waals surface area contributed by atoms with Crippen LogP contribution in [0, 0.1) is 0 Å². The SMILES string of the molecule is NC(=O)Nc1ccc(/N=N/c2ccc3cc(S(=O)(=O)CCOS(=O)(=O)O)ccc3c2S(=O)(=O)O)c(N)c1. The first-order valence-corrected chi connectivity index (χ1v) is 14.3. The number of primary amides is 1. The lowest BCUT2D eigenvalue weighted by Gasteiger charge is -2.10. The number of benzene rings is 3. The Hall–Kier alpha value is -3.68. The Balaban J connectivity index is 2.01. The summed E-state index contributed by atoms with van der Waals surface area (Å²) in [4.78, 5) is 10.00. The summed E-state index contributed by atoms with van der Waals surface area (Å²) in [5, 5.41) is 10.1. The zero-order chi connectivity index (χ0) is 27.6. The van der Waals surface area contributed by atoms with Crippen LogP contribution < -0.4 is 16.8 Å². The highest BCUT2D eigenvalue weighted by Crippen LogP contribution is 2.35. The van der Waals surface area contributed by atoms with E-state index in [0.29, 0.717) is 0 Å². The molecule has 0 unspecified atom stereocenters. The molecule has 0 spiro atoms. The van der Waals surface area contributed by atoms with Crippen LogP contribution in [0.3, 0.4) is 0 Å². The van der Waals surface area contributed by atoms with Crippen LogP contribution in [0.15, 0.2) is 68.6 Å². The van der Waals surface area contributed by atoms with Gasteiger partial charge in [-0.1, -0.05) is 12.1 Å². The maximum Gasteiger partial charge on any atom is 0.397 e. The molecule has 3 rings (SSSR count). The number of nitrogens with zero attached hydrogens (tertiary/aromatic N) is 2. The number of nitrogens with two attached hydrogens (primary N) is 2. The molecule has 3 aromatic rings. The van der Waals surface area contributed by atoms with Crippen molar-refractivity contribution in [1.29, 1.82) is 0 Å². The van der Waals surface area contributed by atoms with E-state index in [2.05, 4.69) is 19.7 Å². The van der Waals surface area contributed by atoms with E-state index in [4.69, 9.17) is 16.0 Å². The normalized spacial score (nSPS) is 12.7. The van der Waals surface area contributed by atoms with Crippen molar-refractivity contribution >= 4 is 69.9 Å². The number of hydrogen-bond donors (Lipinski definition) is 5. The van der Waals surface area contributed by atoms with Crippen molar-refractivity contribution in [2.45, 2.75) is 9.79 Å². The van der Waals surface area contributed by atoms with E-state index < -0.39 is 53.6 Å². The highest BCUT2D eigenvalue weighted by atomic mass is 32.3. The summed E-state index contributed by atoms with van der Waals surface area (Å²) >= 11 is 0. The molecule has 198 valence electrons. The van der Waals surface area contributed by atoms with Crippen molar-refractivity contribution in [2.24, 2.45) is 16.0 Å². The molecule has 3 aromatic carbocycles. The van der Waals surface area contributed by atoms with Crippen LogP contribution in [-0.4, -0.2) is 52.7 Å². The number of azo groups is 1. The van der Waals surface area contributed by atoms with Gasteiger partial charge in [0, 0.05) is 11.1 Å². The van der Waals surface area contributed by atoms with E-state index in [0.717, 1.165) is 18.2 Å². The second-order valence-corrected chi connectivity index (χ2v) is 11.9. The molecule has 0 atom stereocenters. The maximum absolute atomic E-state index is 12.5. The van der Waals surface area contributed by atoms with Gasteiger partial charge in [0.25, 0.3) is 10.1 Å². The second kappa shape index (κ2) is 10.4. The van der Waals surface area contributed by atoms with Crippen molar-refractivity contribution in [3.05, 3.63) is 48.5 Å². The number of fused-ring (bicyclic) bond motifs is 1. The lowest BCUT2D eigenvalue weighted by molar-refractivity contribution is 0.259. The highest BCUT2D eigenvalue weighted by Gasteiger charge is 2.22. The molecule has 0 saturated heterocycles. The van der Waals surface area contributed by atoms with Gasteiger partial charge < -0.3 is 16.8 Å². The Bertz CT molecular complexity index is 1740. The van der Waals surface area contributed by atoms with E-state index in [9.17, 15) is 34.6 Å². The predicted molar refractivity (Wildman–Crippen MR) is 132 cm³/mol. The topological polar surface area (TPSA) is 258 Å². The van der Waals surface area contributed by atoms with Crippen molar-refractivity contribution in [3.63, 3.8) is 0 Å². The average molecular weight is 574 g/mol.